The average Bonchev–Trinajstić information content (AvgIpc) is 3.16. The number of nitrogens with zero attached hydrogens (tertiary/aromatic N) is 2. The van der Waals surface area contributed by atoms with Gasteiger partial charge < -0.3 is 10.2 Å². The van der Waals surface area contributed by atoms with Crippen LogP contribution in [0.1, 0.15) is 6.42 Å². The number of fused-ring (bicyclic) bond motifs is 1. The molecular formula is C13H12F3N3O4S. The molecule has 24 heavy (non-hydrogen) atoms. The van der Waals surface area contributed by atoms with Crippen LogP contribution < -0.4 is 10.2 Å². The monoisotopic (exact) mass is 363 g/mol. The van der Waals surface area contributed by atoms with Crippen LogP contribution >= 0.6 is 0 Å². The van der Waals surface area contributed by atoms with Crippen molar-refractivity contribution in [3.8, 4) is 0 Å². The van der Waals surface area contributed by atoms with Gasteiger partial charge in [0.2, 0.25) is 0 Å². The second-order valence-corrected chi connectivity index (χ2v) is 7.50. The van der Waals surface area contributed by atoms with E-state index in [1.165, 1.54) is 18.2 Å². The summed E-state index contributed by atoms with van der Waals surface area (Å²) in [7, 11) is -3.55. The molecule has 2 aromatic rings. The molecule has 3 rings (SSSR count). The summed E-state index contributed by atoms with van der Waals surface area (Å²) in [5, 5.41) is 6.20. The Hall–Kier alpha value is -2.14. The number of rotatable bonds is 3. The Morgan fingerprint density at radius 3 is 2.75 bits per heavy atom. The highest BCUT2D eigenvalue weighted by molar-refractivity contribution is 7.92. The first-order valence-electron chi connectivity index (χ1n) is 6.91. The van der Waals surface area contributed by atoms with Gasteiger partial charge in [-0.25, -0.2) is 13.2 Å². The predicted octanol–water partition coefficient (Wildman–Crippen LogP) is 0.689. The number of nitrogens with one attached hydrogen (secondary N) is 1. The highest BCUT2D eigenvalue weighted by atomic mass is 32.2. The third-order valence-corrected chi connectivity index (χ3v) is 5.88. The van der Waals surface area contributed by atoms with Crippen molar-refractivity contribution in [3.63, 3.8) is 0 Å². The maximum absolute atomic E-state index is 12.5. The van der Waals surface area contributed by atoms with E-state index in [9.17, 15) is 26.4 Å². The summed E-state index contributed by atoms with van der Waals surface area (Å²) in [6, 6.07) is 3.81. The lowest BCUT2D eigenvalue weighted by atomic mass is 10.3. The first kappa shape index (κ1) is 16.7. The van der Waals surface area contributed by atoms with E-state index >= 15 is 0 Å². The highest BCUT2D eigenvalue weighted by Gasteiger charge is 2.42. The maximum atomic E-state index is 12.5. The highest BCUT2D eigenvalue weighted by Crippen LogP contribution is 2.24. The summed E-state index contributed by atoms with van der Waals surface area (Å²) in [5.74, 6) is -2.42. The SMILES string of the molecule is O=C(On1ncc2cc(S(=O)(=O)C3CCNC3)ccc21)C(F)(F)F. The van der Waals surface area contributed by atoms with Crippen LogP contribution in [0.25, 0.3) is 10.9 Å². The molecule has 0 radical (unpaired) electrons. The second kappa shape index (κ2) is 5.74. The van der Waals surface area contributed by atoms with E-state index < -0.39 is 27.2 Å². The Bertz CT molecular complexity index is 885. The minimum absolute atomic E-state index is 0.0467. The lowest BCUT2D eigenvalue weighted by molar-refractivity contribution is -0.200. The van der Waals surface area contributed by atoms with E-state index in [-0.39, 0.29) is 15.8 Å². The van der Waals surface area contributed by atoms with Gasteiger partial charge in [0.1, 0.15) is 5.52 Å². The van der Waals surface area contributed by atoms with E-state index in [0.717, 1.165) is 6.20 Å². The van der Waals surface area contributed by atoms with Crippen molar-refractivity contribution in [2.24, 2.45) is 0 Å². The van der Waals surface area contributed by atoms with Gasteiger partial charge in [-0.3, -0.25) is 0 Å². The van der Waals surface area contributed by atoms with Gasteiger partial charge in [0.05, 0.1) is 16.3 Å². The van der Waals surface area contributed by atoms with E-state index in [1.807, 2.05) is 0 Å². The Kier molecular flexibility index (Phi) is 4.00. The molecule has 1 fully saturated rings. The first-order valence-corrected chi connectivity index (χ1v) is 8.46. The summed E-state index contributed by atoms with van der Waals surface area (Å²) >= 11 is 0. The Labute approximate surface area is 134 Å². The molecule has 0 saturated carbocycles. The summed E-state index contributed by atoms with van der Waals surface area (Å²) in [4.78, 5) is 15.5. The third kappa shape index (κ3) is 2.96. The summed E-state index contributed by atoms with van der Waals surface area (Å²) < 4.78 is 61.7. The number of hydrogen-bond acceptors (Lipinski definition) is 6. The van der Waals surface area contributed by atoms with Crippen molar-refractivity contribution in [1.29, 1.82) is 0 Å². The second-order valence-electron chi connectivity index (χ2n) is 5.27. The van der Waals surface area contributed by atoms with E-state index in [4.69, 9.17) is 0 Å². The molecule has 2 heterocycles. The molecule has 1 aromatic heterocycles. The minimum Gasteiger partial charge on any atom is -0.315 e. The third-order valence-electron chi connectivity index (χ3n) is 3.69. The van der Waals surface area contributed by atoms with Crippen LogP contribution in [0.2, 0.25) is 0 Å². The number of carbonyl (C=O) groups is 1. The Morgan fingerprint density at radius 2 is 2.12 bits per heavy atom. The molecule has 1 atom stereocenters. The average molecular weight is 363 g/mol. The van der Waals surface area contributed by atoms with E-state index in [0.29, 0.717) is 24.4 Å². The van der Waals surface area contributed by atoms with Crippen LogP contribution in [-0.2, 0) is 14.6 Å². The van der Waals surface area contributed by atoms with Crippen molar-refractivity contribution in [2.45, 2.75) is 22.7 Å². The topological polar surface area (TPSA) is 90.3 Å². The fourth-order valence-corrected chi connectivity index (χ4v) is 4.15. The number of alkyl halides is 3. The van der Waals surface area contributed by atoms with Crippen LogP contribution in [-0.4, -0.2) is 48.8 Å². The minimum atomic E-state index is -5.16. The zero-order valence-corrected chi connectivity index (χ0v) is 12.9. The zero-order chi connectivity index (χ0) is 17.5. The van der Waals surface area contributed by atoms with Crippen molar-refractivity contribution in [1.82, 2.24) is 15.3 Å². The quantitative estimate of drug-likeness (QED) is 0.863. The van der Waals surface area contributed by atoms with Crippen molar-refractivity contribution < 1.29 is 31.2 Å². The van der Waals surface area contributed by atoms with E-state index in [1.54, 1.807) is 0 Å². The first-order chi connectivity index (χ1) is 11.2. The molecule has 1 aliphatic rings. The van der Waals surface area contributed by atoms with Gasteiger partial charge in [-0.2, -0.15) is 13.2 Å². The number of sulfone groups is 1. The van der Waals surface area contributed by atoms with E-state index in [2.05, 4.69) is 15.3 Å². The smallest absolute Gasteiger partial charge is 0.315 e. The Morgan fingerprint density at radius 1 is 1.38 bits per heavy atom. The van der Waals surface area contributed by atoms with Gasteiger partial charge in [-0.1, -0.05) is 4.85 Å². The van der Waals surface area contributed by atoms with Crippen LogP contribution in [0.4, 0.5) is 13.2 Å². The fourth-order valence-electron chi connectivity index (χ4n) is 2.45. The molecule has 7 nitrogen and oxygen atoms in total. The molecule has 1 unspecified atom stereocenters. The maximum Gasteiger partial charge on any atom is 0.493 e. The largest absolute Gasteiger partial charge is 0.493 e. The van der Waals surface area contributed by atoms with Crippen molar-refractivity contribution >= 4 is 26.7 Å². The van der Waals surface area contributed by atoms with Crippen molar-refractivity contribution in [2.75, 3.05) is 13.1 Å². The van der Waals surface area contributed by atoms with Gasteiger partial charge in [0.15, 0.2) is 9.84 Å². The lowest BCUT2D eigenvalue weighted by Crippen LogP contribution is -2.33. The summed E-state index contributed by atoms with van der Waals surface area (Å²) in [5.41, 5.74) is 0.0519. The Balaban J connectivity index is 1.92. The van der Waals surface area contributed by atoms with Gasteiger partial charge in [0.25, 0.3) is 0 Å². The van der Waals surface area contributed by atoms with Crippen LogP contribution in [0.15, 0.2) is 29.3 Å². The molecule has 130 valence electrons. The molecule has 11 heteroatoms. The number of carbonyl (C=O) groups excluding carboxylic acids is 1. The van der Waals surface area contributed by atoms with Gasteiger partial charge in [-0.15, -0.1) is 5.10 Å². The molecule has 1 aliphatic heterocycles. The number of hydrogen-bond donors (Lipinski definition) is 1. The molecule has 0 amide bonds. The van der Waals surface area contributed by atoms with Crippen molar-refractivity contribution in [3.05, 3.63) is 24.4 Å². The van der Waals surface area contributed by atoms with Crippen LogP contribution in [0.3, 0.4) is 0 Å². The van der Waals surface area contributed by atoms with Crippen LogP contribution in [0, 0.1) is 0 Å². The molecule has 1 aromatic carbocycles. The standard InChI is InChI=1S/C13H12F3N3O4S/c14-13(15,16)12(20)23-19-11-2-1-9(5-8(11)6-18-19)24(21,22)10-3-4-17-7-10/h1-2,5-6,10,17H,3-4,7H2. The van der Waals surface area contributed by atoms with Gasteiger partial charge >= 0.3 is 12.1 Å². The molecular weight excluding hydrogens is 351 g/mol. The molecule has 0 bridgehead atoms. The number of aromatic nitrogens is 2. The molecule has 1 saturated heterocycles. The zero-order valence-electron chi connectivity index (χ0n) is 12.1. The summed E-state index contributed by atoms with van der Waals surface area (Å²) in [6.07, 6.45) is -3.54. The predicted molar refractivity (Wildman–Crippen MR) is 75.8 cm³/mol. The fraction of sp³-hybridized carbons (Fsp3) is 0.385. The normalized spacial score (nSPS) is 18.9. The molecule has 0 spiro atoms. The van der Waals surface area contributed by atoms with Crippen LogP contribution in [0.5, 0.6) is 0 Å². The molecule has 0 aliphatic carbocycles. The molecule has 1 N–H and O–H groups in total. The van der Waals surface area contributed by atoms with Gasteiger partial charge in [-0.05, 0) is 31.2 Å². The number of halogens is 3. The lowest BCUT2D eigenvalue weighted by Gasteiger charge is -2.11. The van der Waals surface area contributed by atoms with Gasteiger partial charge in [0, 0.05) is 11.9 Å². The summed E-state index contributed by atoms with van der Waals surface area (Å²) in [6.45, 7) is 0.959. The number of benzene rings is 1.